The number of rotatable bonds is 6. The molecule has 0 bridgehead atoms. The number of carbonyl (C=O) groups is 2. The lowest BCUT2D eigenvalue weighted by Crippen LogP contribution is -2.06. The summed E-state index contributed by atoms with van der Waals surface area (Å²) in [6, 6.07) is 8.84. The second kappa shape index (κ2) is 7.88. The molecule has 5 heteroatoms. The van der Waals surface area contributed by atoms with Gasteiger partial charge in [0, 0.05) is 13.3 Å². The first kappa shape index (κ1) is 14.7. The Balaban J connectivity index is 2.35. The Morgan fingerprint density at radius 1 is 1.26 bits per heavy atom. The molecule has 0 aromatic heterocycles. The van der Waals surface area contributed by atoms with Gasteiger partial charge in [-0.15, -0.1) is 0 Å². The minimum atomic E-state index is -0.367. The van der Waals surface area contributed by atoms with Gasteiger partial charge in [-0.05, 0) is 24.1 Å². The summed E-state index contributed by atoms with van der Waals surface area (Å²) in [5.41, 5.74) is 0.952. The Morgan fingerprint density at radius 3 is 2.53 bits per heavy atom. The minimum Gasteiger partial charge on any atom is -0.465 e. The normalized spacial score (nSPS) is 9.47. The molecule has 0 saturated heterocycles. The van der Waals surface area contributed by atoms with E-state index in [0.29, 0.717) is 12.2 Å². The second-order valence-electron chi connectivity index (χ2n) is 3.87. The molecule has 0 N–H and O–H groups in total. The van der Waals surface area contributed by atoms with Crippen LogP contribution in [0.1, 0.15) is 25.3 Å². The summed E-state index contributed by atoms with van der Waals surface area (Å²) < 4.78 is 9.75. The van der Waals surface area contributed by atoms with E-state index >= 15 is 0 Å². The van der Waals surface area contributed by atoms with Crippen molar-refractivity contribution in [1.82, 2.24) is 0 Å². The highest BCUT2D eigenvalue weighted by molar-refractivity contribution is 5.70. The van der Waals surface area contributed by atoms with Crippen LogP contribution in [-0.4, -0.2) is 18.5 Å². The summed E-state index contributed by atoms with van der Waals surface area (Å²) in [4.78, 5) is 22.0. The van der Waals surface area contributed by atoms with E-state index in [1.54, 1.807) is 24.3 Å². The predicted octanol–water partition coefficient (Wildman–Crippen LogP) is 2.00. The molecular formula is C14H15NO4. The summed E-state index contributed by atoms with van der Waals surface area (Å²) in [5, 5.41) is 8.30. The van der Waals surface area contributed by atoms with Crippen LogP contribution in [-0.2, 0) is 20.7 Å². The summed E-state index contributed by atoms with van der Waals surface area (Å²) >= 11 is 0. The second-order valence-corrected chi connectivity index (χ2v) is 3.87. The maximum atomic E-state index is 11.3. The lowest BCUT2D eigenvalue weighted by molar-refractivity contribution is -0.143. The van der Waals surface area contributed by atoms with Crippen LogP contribution in [0, 0.1) is 11.3 Å². The lowest BCUT2D eigenvalue weighted by atomic mass is 10.1. The quantitative estimate of drug-likeness (QED) is 0.444. The van der Waals surface area contributed by atoms with Gasteiger partial charge >= 0.3 is 11.9 Å². The maximum Gasteiger partial charge on any atom is 0.308 e. The predicted molar refractivity (Wildman–Crippen MR) is 67.3 cm³/mol. The van der Waals surface area contributed by atoms with Crippen molar-refractivity contribution in [1.29, 1.82) is 5.26 Å². The van der Waals surface area contributed by atoms with Crippen molar-refractivity contribution in [3.63, 3.8) is 0 Å². The smallest absolute Gasteiger partial charge is 0.308 e. The number of nitriles is 1. The zero-order valence-corrected chi connectivity index (χ0v) is 10.7. The number of benzene rings is 1. The number of nitrogens with zero attached hydrogens (tertiary/aromatic N) is 1. The van der Waals surface area contributed by atoms with Gasteiger partial charge in [-0.2, -0.15) is 5.26 Å². The van der Waals surface area contributed by atoms with E-state index < -0.39 is 0 Å². The Morgan fingerprint density at radius 2 is 1.95 bits per heavy atom. The fourth-order valence-electron chi connectivity index (χ4n) is 1.42. The van der Waals surface area contributed by atoms with Crippen molar-refractivity contribution >= 4 is 11.9 Å². The zero-order chi connectivity index (χ0) is 14.1. The van der Waals surface area contributed by atoms with Gasteiger partial charge in [0.25, 0.3) is 0 Å². The Kier molecular flexibility index (Phi) is 6.10. The van der Waals surface area contributed by atoms with Crippen molar-refractivity contribution in [3.05, 3.63) is 29.8 Å². The van der Waals surface area contributed by atoms with Gasteiger partial charge in [-0.25, -0.2) is 0 Å². The average Bonchev–Trinajstić information content (AvgIpc) is 2.37. The van der Waals surface area contributed by atoms with Gasteiger partial charge in [-0.3, -0.25) is 9.59 Å². The molecule has 0 aliphatic rings. The molecular weight excluding hydrogens is 246 g/mol. The van der Waals surface area contributed by atoms with Crippen molar-refractivity contribution in [2.45, 2.75) is 26.2 Å². The van der Waals surface area contributed by atoms with E-state index in [-0.39, 0.29) is 31.4 Å². The van der Waals surface area contributed by atoms with Crippen LogP contribution in [0.25, 0.3) is 0 Å². The molecule has 100 valence electrons. The van der Waals surface area contributed by atoms with Gasteiger partial charge in [0.15, 0.2) is 0 Å². The van der Waals surface area contributed by atoms with Crippen LogP contribution < -0.4 is 4.74 Å². The number of aryl methyl sites for hydroxylation is 1. The van der Waals surface area contributed by atoms with E-state index in [9.17, 15) is 9.59 Å². The molecule has 0 fully saturated rings. The van der Waals surface area contributed by atoms with Crippen LogP contribution in [0.5, 0.6) is 5.75 Å². The Bertz CT molecular complexity index is 473. The third kappa shape index (κ3) is 6.22. The maximum absolute atomic E-state index is 11.3. The molecule has 19 heavy (non-hydrogen) atoms. The van der Waals surface area contributed by atoms with Crippen LogP contribution in [0.15, 0.2) is 24.3 Å². The first-order valence-corrected chi connectivity index (χ1v) is 5.91. The average molecular weight is 261 g/mol. The van der Waals surface area contributed by atoms with Gasteiger partial charge in [0.1, 0.15) is 12.4 Å². The molecule has 1 aromatic rings. The van der Waals surface area contributed by atoms with Crippen LogP contribution in [0.3, 0.4) is 0 Å². The highest BCUT2D eigenvalue weighted by atomic mass is 16.5. The van der Waals surface area contributed by atoms with Gasteiger partial charge in [-0.1, -0.05) is 12.1 Å². The van der Waals surface area contributed by atoms with E-state index in [1.807, 2.05) is 6.07 Å². The van der Waals surface area contributed by atoms with E-state index in [1.165, 1.54) is 6.92 Å². The van der Waals surface area contributed by atoms with E-state index in [0.717, 1.165) is 5.56 Å². The largest absolute Gasteiger partial charge is 0.465 e. The molecule has 0 amide bonds. The van der Waals surface area contributed by atoms with Gasteiger partial charge in [0.2, 0.25) is 0 Å². The molecule has 0 saturated carbocycles. The minimum absolute atomic E-state index is 0.140. The van der Waals surface area contributed by atoms with Gasteiger partial charge < -0.3 is 9.47 Å². The number of hydrogen-bond donors (Lipinski definition) is 0. The fraction of sp³-hybridized carbons (Fsp3) is 0.357. The molecule has 0 unspecified atom stereocenters. The molecule has 0 heterocycles. The molecule has 5 nitrogen and oxygen atoms in total. The Labute approximate surface area is 111 Å². The molecule has 0 aliphatic carbocycles. The molecule has 0 spiro atoms. The third-order valence-corrected chi connectivity index (χ3v) is 2.28. The summed E-state index contributed by atoms with van der Waals surface area (Å²) in [6.45, 7) is 1.48. The number of ether oxygens (including phenoxy) is 2. The Hall–Kier alpha value is -2.35. The lowest BCUT2D eigenvalue weighted by Gasteiger charge is -2.04. The zero-order valence-electron chi connectivity index (χ0n) is 10.7. The SMILES string of the molecule is CC(=O)Oc1ccc(CCC(=O)OCCC#N)cc1. The third-order valence-electron chi connectivity index (χ3n) is 2.28. The first-order valence-electron chi connectivity index (χ1n) is 5.91. The van der Waals surface area contributed by atoms with Crippen molar-refractivity contribution in [2.24, 2.45) is 0 Å². The number of hydrogen-bond acceptors (Lipinski definition) is 5. The van der Waals surface area contributed by atoms with Crippen molar-refractivity contribution < 1.29 is 19.1 Å². The fourth-order valence-corrected chi connectivity index (χ4v) is 1.42. The number of esters is 2. The first-order chi connectivity index (χ1) is 9.11. The summed E-state index contributed by atoms with van der Waals surface area (Å²) in [6.07, 6.45) is 1.02. The van der Waals surface area contributed by atoms with E-state index in [4.69, 9.17) is 14.7 Å². The van der Waals surface area contributed by atoms with Crippen LogP contribution in [0.2, 0.25) is 0 Å². The standard InChI is InChI=1S/C14H15NO4/c1-11(16)19-13-6-3-12(4-7-13)5-8-14(17)18-10-2-9-15/h3-4,6-7H,2,5,8,10H2,1H3. The topological polar surface area (TPSA) is 76.4 Å². The van der Waals surface area contributed by atoms with E-state index in [2.05, 4.69) is 0 Å². The molecule has 1 aromatic carbocycles. The van der Waals surface area contributed by atoms with Crippen molar-refractivity contribution in [2.75, 3.05) is 6.61 Å². The van der Waals surface area contributed by atoms with Crippen molar-refractivity contribution in [3.8, 4) is 11.8 Å². The van der Waals surface area contributed by atoms with Crippen LogP contribution >= 0.6 is 0 Å². The highest BCUT2D eigenvalue weighted by Crippen LogP contribution is 2.13. The van der Waals surface area contributed by atoms with Crippen LogP contribution in [0.4, 0.5) is 0 Å². The number of carbonyl (C=O) groups excluding carboxylic acids is 2. The monoisotopic (exact) mass is 261 g/mol. The molecule has 0 radical (unpaired) electrons. The summed E-state index contributed by atoms with van der Waals surface area (Å²) in [5.74, 6) is -0.207. The molecule has 1 rings (SSSR count). The highest BCUT2D eigenvalue weighted by Gasteiger charge is 2.04. The molecule has 0 atom stereocenters. The van der Waals surface area contributed by atoms with Gasteiger partial charge in [0.05, 0.1) is 12.5 Å². The summed E-state index contributed by atoms with van der Waals surface area (Å²) in [7, 11) is 0. The molecule has 0 aliphatic heterocycles.